The van der Waals surface area contributed by atoms with Gasteiger partial charge in [-0.15, -0.1) is 0 Å². The van der Waals surface area contributed by atoms with Crippen LogP contribution in [-0.4, -0.2) is 43.1 Å². The molecule has 1 aromatic carbocycles. The lowest BCUT2D eigenvalue weighted by Gasteiger charge is -2.18. The molecule has 0 spiro atoms. The number of aryl methyl sites for hydroxylation is 1. The number of hydrogen-bond donors (Lipinski definition) is 2. The highest BCUT2D eigenvalue weighted by Crippen LogP contribution is 2.37. The highest BCUT2D eigenvalue weighted by molar-refractivity contribution is 5.80. The Hall–Kier alpha value is -3.26. The number of aliphatic hydroxyl groups is 1. The lowest BCUT2D eigenvalue weighted by Crippen LogP contribution is -2.13. The molecule has 2 bridgehead atoms. The predicted octanol–water partition coefficient (Wildman–Crippen LogP) is 3.35. The summed E-state index contributed by atoms with van der Waals surface area (Å²) >= 11 is 0. The van der Waals surface area contributed by atoms with Gasteiger partial charge in [0.25, 0.3) is 0 Å². The van der Waals surface area contributed by atoms with Gasteiger partial charge in [-0.2, -0.15) is 5.10 Å². The first-order valence-corrected chi connectivity index (χ1v) is 10.0. The molecule has 0 saturated heterocycles. The molecule has 0 radical (unpaired) electrons. The first kappa shape index (κ1) is 18.7. The van der Waals surface area contributed by atoms with Gasteiger partial charge in [-0.1, -0.05) is 6.92 Å². The zero-order chi connectivity index (χ0) is 20.8. The van der Waals surface area contributed by atoms with Crippen LogP contribution in [0.15, 0.2) is 30.6 Å². The number of aliphatic hydroxyl groups excluding tert-OH is 1. The van der Waals surface area contributed by atoms with Gasteiger partial charge in [0, 0.05) is 35.2 Å². The molecule has 1 aliphatic rings. The second kappa shape index (κ2) is 7.21. The van der Waals surface area contributed by atoms with E-state index >= 15 is 0 Å². The Morgan fingerprint density at radius 3 is 3.03 bits per heavy atom. The topological polar surface area (TPSA) is 88.8 Å². The monoisotopic (exact) mass is 407 g/mol. The van der Waals surface area contributed by atoms with E-state index in [0.29, 0.717) is 31.0 Å². The van der Waals surface area contributed by atoms with Crippen molar-refractivity contribution in [3.63, 3.8) is 0 Å². The maximum absolute atomic E-state index is 14.1. The molecule has 30 heavy (non-hydrogen) atoms. The van der Waals surface area contributed by atoms with Crippen LogP contribution in [0.1, 0.15) is 35.4 Å². The number of H-pyrrole nitrogens is 1. The fourth-order valence-electron chi connectivity index (χ4n) is 4.27. The van der Waals surface area contributed by atoms with Crippen LogP contribution >= 0.6 is 0 Å². The molecule has 5 rings (SSSR count). The number of aromatic amines is 1. The molecule has 4 heterocycles. The quantitative estimate of drug-likeness (QED) is 0.532. The van der Waals surface area contributed by atoms with Crippen molar-refractivity contribution >= 4 is 11.2 Å². The number of aromatic nitrogens is 5. The van der Waals surface area contributed by atoms with E-state index in [4.69, 9.17) is 9.72 Å². The summed E-state index contributed by atoms with van der Waals surface area (Å²) in [6.07, 6.45) is 4.19. The fourth-order valence-corrected chi connectivity index (χ4v) is 4.27. The van der Waals surface area contributed by atoms with E-state index < -0.39 is 0 Å². The first-order chi connectivity index (χ1) is 14.6. The minimum absolute atomic E-state index is 0.0132. The number of halogens is 1. The summed E-state index contributed by atoms with van der Waals surface area (Å²) < 4.78 is 22.0. The fraction of sp³-hybridized carbons (Fsp3) is 0.318. The van der Waals surface area contributed by atoms with E-state index in [0.717, 1.165) is 39.3 Å². The van der Waals surface area contributed by atoms with E-state index in [2.05, 4.69) is 15.1 Å². The first-order valence-electron chi connectivity index (χ1n) is 10.0. The Morgan fingerprint density at radius 1 is 1.33 bits per heavy atom. The maximum atomic E-state index is 14.1. The number of benzene rings is 1. The van der Waals surface area contributed by atoms with Gasteiger partial charge in [0.1, 0.15) is 17.1 Å². The molecule has 154 valence electrons. The number of nitrogens with zero attached hydrogens (tertiary/aromatic N) is 4. The molecule has 0 unspecified atom stereocenters. The second-order valence-electron chi connectivity index (χ2n) is 7.55. The van der Waals surface area contributed by atoms with Crippen LogP contribution < -0.4 is 4.74 Å². The van der Waals surface area contributed by atoms with Gasteiger partial charge >= 0.3 is 0 Å². The summed E-state index contributed by atoms with van der Waals surface area (Å²) in [4.78, 5) is 12.7. The van der Waals surface area contributed by atoms with Crippen LogP contribution in [-0.2, 0) is 13.0 Å². The summed E-state index contributed by atoms with van der Waals surface area (Å²) in [5, 5.41) is 14.1. The molecule has 1 atom stereocenters. The van der Waals surface area contributed by atoms with Gasteiger partial charge in [0.15, 0.2) is 5.65 Å². The Morgan fingerprint density at radius 2 is 2.20 bits per heavy atom. The Balaban J connectivity index is 1.77. The van der Waals surface area contributed by atoms with Crippen LogP contribution in [0.2, 0.25) is 0 Å². The maximum Gasteiger partial charge on any atom is 0.156 e. The molecule has 2 N–H and O–H groups in total. The normalized spacial score (nSPS) is 15.9. The van der Waals surface area contributed by atoms with Crippen molar-refractivity contribution in [1.29, 1.82) is 0 Å². The number of ether oxygens (including phenoxy) is 1. The predicted molar refractivity (Wildman–Crippen MR) is 110 cm³/mol. The molecular weight excluding hydrogens is 385 g/mol. The molecule has 7 nitrogen and oxygen atoms in total. The van der Waals surface area contributed by atoms with Gasteiger partial charge in [-0.3, -0.25) is 4.68 Å². The van der Waals surface area contributed by atoms with Crippen molar-refractivity contribution in [3.8, 4) is 17.0 Å². The molecular formula is C22H22FN5O2. The zero-order valence-corrected chi connectivity index (χ0v) is 16.8. The van der Waals surface area contributed by atoms with Crippen molar-refractivity contribution in [2.45, 2.75) is 32.7 Å². The van der Waals surface area contributed by atoms with E-state index in [1.54, 1.807) is 16.9 Å². The molecule has 1 aliphatic heterocycles. The number of hydrogen-bond acceptors (Lipinski definition) is 5. The smallest absolute Gasteiger partial charge is 0.156 e. The standard InChI is InChI=1S/C22H22FN5O2/c1-12-15-9-14(23)3-4-19(15)30-8-5-18-20(13(2)27-28(18)6-7-29)17-11-25-22-21(26-17)16(12)10-24-22/h3-4,9-12,29H,5-8H2,1-2H3,(H,24,25)/t12-/m1/s1. The molecule has 8 heteroatoms. The molecule has 0 saturated carbocycles. The third kappa shape index (κ3) is 2.95. The summed E-state index contributed by atoms with van der Waals surface area (Å²) in [6.45, 7) is 4.72. The van der Waals surface area contributed by atoms with Crippen LogP contribution in [0.5, 0.6) is 5.75 Å². The van der Waals surface area contributed by atoms with Crippen LogP contribution in [0, 0.1) is 12.7 Å². The average Bonchev–Trinajstić information content (AvgIpc) is 3.28. The van der Waals surface area contributed by atoms with Gasteiger partial charge < -0.3 is 14.8 Å². The Kier molecular flexibility index (Phi) is 4.51. The summed E-state index contributed by atoms with van der Waals surface area (Å²) in [5.74, 6) is 0.211. The van der Waals surface area contributed by atoms with E-state index in [-0.39, 0.29) is 18.3 Å². The van der Waals surface area contributed by atoms with Crippen molar-refractivity contribution in [3.05, 3.63) is 58.9 Å². The second-order valence-corrected chi connectivity index (χ2v) is 7.55. The highest BCUT2D eigenvalue weighted by Gasteiger charge is 2.24. The van der Waals surface area contributed by atoms with Crippen LogP contribution in [0.3, 0.4) is 0 Å². The van der Waals surface area contributed by atoms with Crippen LogP contribution in [0.25, 0.3) is 22.4 Å². The third-order valence-corrected chi connectivity index (χ3v) is 5.71. The number of rotatable bonds is 2. The zero-order valence-electron chi connectivity index (χ0n) is 16.8. The highest BCUT2D eigenvalue weighted by atomic mass is 19.1. The van der Waals surface area contributed by atoms with Gasteiger partial charge in [0.2, 0.25) is 0 Å². The SMILES string of the molecule is Cc1nn(CCO)c2c1-c1cnc3[nH]cc(c3n1)[C@H](C)c1cc(F)ccc1OCC2. The minimum Gasteiger partial charge on any atom is -0.493 e. The largest absolute Gasteiger partial charge is 0.493 e. The average molecular weight is 407 g/mol. The van der Waals surface area contributed by atoms with Gasteiger partial charge in [-0.25, -0.2) is 14.4 Å². The molecule has 0 amide bonds. The van der Waals surface area contributed by atoms with Crippen molar-refractivity contribution in [2.24, 2.45) is 0 Å². The number of nitrogens with one attached hydrogen (secondary N) is 1. The van der Waals surface area contributed by atoms with Crippen LogP contribution in [0.4, 0.5) is 4.39 Å². The lowest BCUT2D eigenvalue weighted by atomic mass is 9.93. The Bertz CT molecular complexity index is 1250. The van der Waals surface area contributed by atoms with E-state index in [1.165, 1.54) is 12.1 Å². The number of fused-ring (bicyclic) bond motifs is 4. The van der Waals surface area contributed by atoms with Gasteiger partial charge in [0.05, 0.1) is 43.0 Å². The van der Waals surface area contributed by atoms with E-state index in [1.807, 2.05) is 20.0 Å². The molecule has 0 aliphatic carbocycles. The summed E-state index contributed by atoms with van der Waals surface area (Å²) in [5.41, 5.74) is 6.53. The molecule has 4 aromatic rings. The summed E-state index contributed by atoms with van der Waals surface area (Å²) in [6, 6.07) is 4.61. The van der Waals surface area contributed by atoms with Crippen molar-refractivity contribution in [1.82, 2.24) is 24.7 Å². The van der Waals surface area contributed by atoms with Crippen molar-refractivity contribution < 1.29 is 14.2 Å². The Labute approximate surface area is 172 Å². The molecule has 0 fully saturated rings. The lowest BCUT2D eigenvalue weighted by molar-refractivity contribution is 0.263. The minimum atomic E-state index is -0.304. The summed E-state index contributed by atoms with van der Waals surface area (Å²) in [7, 11) is 0. The van der Waals surface area contributed by atoms with Crippen molar-refractivity contribution in [2.75, 3.05) is 13.2 Å². The third-order valence-electron chi connectivity index (χ3n) is 5.71. The van der Waals surface area contributed by atoms with E-state index in [9.17, 15) is 9.50 Å². The molecule has 3 aromatic heterocycles. The van der Waals surface area contributed by atoms with Gasteiger partial charge in [-0.05, 0) is 25.1 Å².